The first-order valence-electron chi connectivity index (χ1n) is 7.24. The first kappa shape index (κ1) is 17.0. The van der Waals surface area contributed by atoms with Gasteiger partial charge in [0.15, 0.2) is 0 Å². The van der Waals surface area contributed by atoms with E-state index in [9.17, 15) is 4.79 Å². The van der Waals surface area contributed by atoms with E-state index in [2.05, 4.69) is 38.2 Å². The molecule has 0 atom stereocenters. The number of ether oxygens (including phenoxy) is 1. The quantitative estimate of drug-likeness (QED) is 0.493. The van der Waals surface area contributed by atoms with Crippen LogP contribution in [0.15, 0.2) is 48.6 Å². The summed E-state index contributed by atoms with van der Waals surface area (Å²) in [5.41, 5.74) is 1.42. The van der Waals surface area contributed by atoms with E-state index in [1.807, 2.05) is 31.2 Å². The van der Waals surface area contributed by atoms with Crippen molar-refractivity contribution in [2.75, 3.05) is 13.2 Å². The number of nitrogens with one attached hydrogen (secondary N) is 1. The summed E-state index contributed by atoms with van der Waals surface area (Å²) >= 11 is 0. The highest BCUT2D eigenvalue weighted by Crippen LogP contribution is 2.24. The Morgan fingerprint density at radius 2 is 1.86 bits per heavy atom. The number of carbonyl (C=O) groups excluding carboxylic acids is 1. The Morgan fingerprint density at radius 1 is 1.19 bits per heavy atom. The number of benzene rings is 1. The van der Waals surface area contributed by atoms with Crippen LogP contribution in [0.3, 0.4) is 0 Å². The molecule has 3 nitrogen and oxygen atoms in total. The molecule has 21 heavy (non-hydrogen) atoms. The van der Waals surface area contributed by atoms with Gasteiger partial charge in [-0.3, -0.25) is 4.79 Å². The maximum atomic E-state index is 11.4. The Morgan fingerprint density at radius 3 is 2.43 bits per heavy atom. The number of hydrogen-bond donors (Lipinski definition) is 1. The zero-order valence-corrected chi connectivity index (χ0v) is 13.3. The number of rotatable bonds is 6. The topological polar surface area (TPSA) is 38.3 Å². The highest BCUT2D eigenvalue weighted by atomic mass is 16.5. The van der Waals surface area contributed by atoms with E-state index in [4.69, 9.17) is 4.74 Å². The van der Waals surface area contributed by atoms with Crippen LogP contribution in [-0.4, -0.2) is 19.1 Å². The standard InChI is InChI=1S/C18H25NO2/c1-5-6-7-8-17(20)19-13-14-21-16-11-9-15(10-12-16)18(2,3)4/h5-12H,13-14H2,1-4H3,(H,19,20)/b6-5+,8-7+. The first-order chi connectivity index (χ1) is 9.93. The number of allylic oxidation sites excluding steroid dienone is 3. The molecule has 0 saturated heterocycles. The molecule has 0 fully saturated rings. The molecule has 1 rings (SSSR count). The van der Waals surface area contributed by atoms with Crippen LogP contribution in [0.2, 0.25) is 0 Å². The van der Waals surface area contributed by atoms with Crippen LogP contribution < -0.4 is 10.1 Å². The van der Waals surface area contributed by atoms with Crippen LogP contribution in [-0.2, 0) is 10.2 Å². The lowest BCUT2D eigenvalue weighted by atomic mass is 9.87. The fourth-order valence-electron chi connectivity index (χ4n) is 1.71. The minimum Gasteiger partial charge on any atom is -0.492 e. The van der Waals surface area contributed by atoms with Gasteiger partial charge in [-0.15, -0.1) is 0 Å². The van der Waals surface area contributed by atoms with Crippen molar-refractivity contribution < 1.29 is 9.53 Å². The minimum absolute atomic E-state index is 0.111. The Bertz CT molecular complexity index is 493. The molecule has 0 bridgehead atoms. The Balaban J connectivity index is 2.32. The summed E-state index contributed by atoms with van der Waals surface area (Å²) in [6, 6.07) is 8.09. The van der Waals surface area contributed by atoms with E-state index >= 15 is 0 Å². The molecule has 0 spiro atoms. The summed E-state index contributed by atoms with van der Waals surface area (Å²) in [5.74, 6) is 0.710. The fraction of sp³-hybridized carbons (Fsp3) is 0.389. The summed E-state index contributed by atoms with van der Waals surface area (Å²) in [6.07, 6.45) is 6.89. The van der Waals surface area contributed by atoms with Crippen molar-refractivity contribution in [1.29, 1.82) is 0 Å². The number of carbonyl (C=O) groups is 1. The normalized spacial score (nSPS) is 12.0. The third kappa shape index (κ3) is 6.80. The van der Waals surface area contributed by atoms with Crippen LogP contribution in [0.1, 0.15) is 33.3 Å². The second-order valence-electron chi connectivity index (χ2n) is 5.80. The van der Waals surface area contributed by atoms with E-state index in [1.54, 1.807) is 6.08 Å². The van der Waals surface area contributed by atoms with Crippen molar-refractivity contribution in [3.8, 4) is 5.75 Å². The molecule has 0 aliphatic carbocycles. The Hall–Kier alpha value is -2.03. The van der Waals surface area contributed by atoms with Gasteiger partial charge in [0, 0.05) is 6.08 Å². The third-order valence-electron chi connectivity index (χ3n) is 2.94. The maximum absolute atomic E-state index is 11.4. The van der Waals surface area contributed by atoms with E-state index in [1.165, 1.54) is 11.6 Å². The molecule has 0 heterocycles. The zero-order valence-electron chi connectivity index (χ0n) is 13.3. The summed E-state index contributed by atoms with van der Waals surface area (Å²) in [7, 11) is 0. The highest BCUT2D eigenvalue weighted by Gasteiger charge is 2.12. The molecular formula is C18H25NO2. The van der Waals surface area contributed by atoms with Gasteiger partial charge in [-0.05, 0) is 30.0 Å². The average molecular weight is 287 g/mol. The Labute approximate surface area is 127 Å². The van der Waals surface area contributed by atoms with Gasteiger partial charge in [0.25, 0.3) is 0 Å². The SMILES string of the molecule is C/C=C/C=C/C(=O)NCCOc1ccc(C(C)(C)C)cc1. The van der Waals surface area contributed by atoms with Gasteiger partial charge in [-0.25, -0.2) is 0 Å². The summed E-state index contributed by atoms with van der Waals surface area (Å²) < 4.78 is 5.60. The smallest absolute Gasteiger partial charge is 0.244 e. The molecule has 1 amide bonds. The van der Waals surface area contributed by atoms with E-state index in [0.717, 1.165) is 5.75 Å². The molecular weight excluding hydrogens is 262 g/mol. The van der Waals surface area contributed by atoms with Crippen molar-refractivity contribution in [2.45, 2.75) is 33.1 Å². The van der Waals surface area contributed by atoms with Crippen molar-refractivity contribution >= 4 is 5.91 Å². The van der Waals surface area contributed by atoms with Gasteiger partial charge in [-0.1, -0.05) is 51.1 Å². The second kappa shape index (κ2) is 8.30. The summed E-state index contributed by atoms with van der Waals surface area (Å²) in [5, 5.41) is 2.76. The van der Waals surface area contributed by atoms with Crippen molar-refractivity contribution in [3.05, 3.63) is 54.1 Å². The lowest BCUT2D eigenvalue weighted by Gasteiger charge is -2.19. The molecule has 0 radical (unpaired) electrons. The van der Waals surface area contributed by atoms with Gasteiger partial charge in [0.05, 0.1) is 6.54 Å². The average Bonchev–Trinajstić information content (AvgIpc) is 2.43. The third-order valence-corrected chi connectivity index (χ3v) is 2.94. The van der Waals surface area contributed by atoms with Crippen LogP contribution in [0.5, 0.6) is 5.75 Å². The van der Waals surface area contributed by atoms with Crippen molar-refractivity contribution in [3.63, 3.8) is 0 Å². The Kier molecular flexibility index (Phi) is 6.73. The van der Waals surface area contributed by atoms with Crippen LogP contribution >= 0.6 is 0 Å². The molecule has 1 aromatic carbocycles. The molecule has 0 aliphatic heterocycles. The van der Waals surface area contributed by atoms with E-state index in [-0.39, 0.29) is 11.3 Å². The highest BCUT2D eigenvalue weighted by molar-refractivity contribution is 5.87. The summed E-state index contributed by atoms with van der Waals surface area (Å²) in [4.78, 5) is 11.4. The van der Waals surface area contributed by atoms with Crippen LogP contribution in [0, 0.1) is 0 Å². The molecule has 3 heteroatoms. The largest absolute Gasteiger partial charge is 0.492 e. The van der Waals surface area contributed by atoms with Gasteiger partial charge in [0.1, 0.15) is 12.4 Å². The van der Waals surface area contributed by atoms with Crippen molar-refractivity contribution in [1.82, 2.24) is 5.32 Å². The molecule has 0 saturated carbocycles. The summed E-state index contributed by atoms with van der Waals surface area (Å²) in [6.45, 7) is 9.39. The fourth-order valence-corrected chi connectivity index (χ4v) is 1.71. The predicted molar refractivity (Wildman–Crippen MR) is 87.6 cm³/mol. The van der Waals surface area contributed by atoms with Crippen molar-refractivity contribution in [2.24, 2.45) is 0 Å². The zero-order chi connectivity index (χ0) is 15.7. The van der Waals surface area contributed by atoms with Gasteiger partial charge in [0.2, 0.25) is 5.91 Å². The minimum atomic E-state index is -0.111. The molecule has 1 N–H and O–H groups in total. The molecule has 1 aromatic rings. The molecule has 0 aromatic heterocycles. The van der Waals surface area contributed by atoms with Crippen LogP contribution in [0.4, 0.5) is 0 Å². The van der Waals surface area contributed by atoms with E-state index in [0.29, 0.717) is 13.2 Å². The number of hydrogen-bond acceptors (Lipinski definition) is 2. The molecule has 0 aliphatic rings. The van der Waals surface area contributed by atoms with Crippen LogP contribution in [0.25, 0.3) is 0 Å². The monoisotopic (exact) mass is 287 g/mol. The number of amides is 1. The van der Waals surface area contributed by atoms with Gasteiger partial charge >= 0.3 is 0 Å². The predicted octanol–water partition coefficient (Wildman–Crippen LogP) is 3.61. The first-order valence-corrected chi connectivity index (χ1v) is 7.24. The lowest BCUT2D eigenvalue weighted by molar-refractivity contribution is -0.116. The van der Waals surface area contributed by atoms with E-state index < -0.39 is 0 Å². The van der Waals surface area contributed by atoms with Gasteiger partial charge in [-0.2, -0.15) is 0 Å². The second-order valence-corrected chi connectivity index (χ2v) is 5.80. The maximum Gasteiger partial charge on any atom is 0.244 e. The lowest BCUT2D eigenvalue weighted by Crippen LogP contribution is -2.26. The molecule has 114 valence electrons. The molecule has 0 unspecified atom stereocenters. The van der Waals surface area contributed by atoms with Gasteiger partial charge < -0.3 is 10.1 Å².